The van der Waals surface area contributed by atoms with Crippen molar-refractivity contribution in [1.82, 2.24) is 9.80 Å². The number of halogens is 1. The van der Waals surface area contributed by atoms with Crippen molar-refractivity contribution in [2.24, 2.45) is 0 Å². The molecule has 113 valence electrons. The van der Waals surface area contributed by atoms with Crippen molar-refractivity contribution in [1.29, 1.82) is 0 Å². The van der Waals surface area contributed by atoms with Gasteiger partial charge in [0.2, 0.25) is 0 Å². The molecule has 0 aromatic heterocycles. The molecule has 0 spiro atoms. The van der Waals surface area contributed by atoms with Gasteiger partial charge in [0.25, 0.3) is 5.91 Å². The highest BCUT2D eigenvalue weighted by Gasteiger charge is 2.22. The van der Waals surface area contributed by atoms with Crippen molar-refractivity contribution < 1.29 is 4.79 Å². The number of benzene rings is 2. The van der Waals surface area contributed by atoms with Crippen LogP contribution in [-0.4, -0.2) is 41.9 Å². The number of hydrogen-bond acceptors (Lipinski definition) is 2. The smallest absolute Gasteiger partial charge is 0.254 e. The molecule has 1 aliphatic rings. The number of hydrogen-bond donors (Lipinski definition) is 0. The average molecular weight is 358 g/mol. The summed E-state index contributed by atoms with van der Waals surface area (Å²) in [5.41, 5.74) is 1.95. The monoisotopic (exact) mass is 357 g/mol. The van der Waals surface area contributed by atoms with Gasteiger partial charge in [0, 0.05) is 42.8 Å². The summed E-state index contributed by atoms with van der Waals surface area (Å²) in [6, 6.07) is 19.0. The molecule has 1 aliphatic heterocycles. The molecule has 4 heteroatoms. The average Bonchev–Trinajstić information content (AvgIpc) is 2.56. The van der Waals surface area contributed by atoms with Crippen LogP contribution in [0.25, 0.3) is 0 Å². The quantitative estimate of drug-likeness (QED) is 0.841. The number of carbonyl (C=O) groups is 1. The summed E-state index contributed by atoms with van der Waals surface area (Å²) < 4.78 is 0.914. The summed E-state index contributed by atoms with van der Waals surface area (Å²) >= 11 is 3.40. The van der Waals surface area contributed by atoms with E-state index in [1.807, 2.05) is 23.1 Å². The number of piperazine rings is 1. The maximum Gasteiger partial charge on any atom is 0.254 e. The highest BCUT2D eigenvalue weighted by atomic mass is 79.9. The lowest BCUT2D eigenvalue weighted by Crippen LogP contribution is -2.48. The summed E-state index contributed by atoms with van der Waals surface area (Å²) in [5, 5.41) is 0. The second-order valence-corrected chi connectivity index (χ2v) is 6.39. The highest BCUT2D eigenvalue weighted by molar-refractivity contribution is 9.10. The molecule has 22 heavy (non-hydrogen) atoms. The normalized spacial score (nSPS) is 15.8. The van der Waals surface area contributed by atoms with Gasteiger partial charge in [-0.25, -0.2) is 0 Å². The van der Waals surface area contributed by atoms with Crippen LogP contribution < -0.4 is 0 Å². The molecule has 1 radical (unpaired) electrons. The Labute approximate surface area is 139 Å². The van der Waals surface area contributed by atoms with E-state index in [-0.39, 0.29) is 5.91 Å². The molecule has 0 unspecified atom stereocenters. The van der Waals surface area contributed by atoms with Crippen molar-refractivity contribution in [2.45, 2.75) is 6.54 Å². The van der Waals surface area contributed by atoms with E-state index in [1.54, 1.807) is 6.07 Å². The standard InChI is InChI=1S/C18H18BrN2O/c19-17-8-4-7-16(13-17)18(22)21-11-9-20(10-12-21)14-15-5-2-1-3-6-15/h1-6,8,13H,9-12,14H2. The maximum absolute atomic E-state index is 12.5. The van der Waals surface area contributed by atoms with Gasteiger partial charge < -0.3 is 4.90 Å². The van der Waals surface area contributed by atoms with Gasteiger partial charge in [0.1, 0.15) is 0 Å². The van der Waals surface area contributed by atoms with Gasteiger partial charge in [0.15, 0.2) is 0 Å². The van der Waals surface area contributed by atoms with Gasteiger partial charge in [-0.3, -0.25) is 9.69 Å². The van der Waals surface area contributed by atoms with E-state index in [2.05, 4.69) is 51.2 Å². The maximum atomic E-state index is 12.5. The Balaban J connectivity index is 1.56. The summed E-state index contributed by atoms with van der Waals surface area (Å²) in [6.07, 6.45) is 0. The van der Waals surface area contributed by atoms with Crippen LogP contribution in [0.4, 0.5) is 0 Å². The number of nitrogens with zero attached hydrogens (tertiary/aromatic N) is 2. The number of rotatable bonds is 3. The molecule has 0 aliphatic carbocycles. The van der Waals surface area contributed by atoms with E-state index < -0.39 is 0 Å². The SMILES string of the molecule is O=C(c1[c]ccc(Br)c1)N1CCN(Cc2ccccc2)CC1. The minimum atomic E-state index is 0.0701. The van der Waals surface area contributed by atoms with Crippen molar-refractivity contribution in [3.63, 3.8) is 0 Å². The fourth-order valence-electron chi connectivity index (χ4n) is 2.68. The second-order valence-electron chi connectivity index (χ2n) is 5.47. The van der Waals surface area contributed by atoms with E-state index in [0.717, 1.165) is 37.2 Å². The molecule has 0 N–H and O–H groups in total. The molecule has 1 amide bonds. The van der Waals surface area contributed by atoms with Crippen LogP contribution in [0.15, 0.2) is 53.0 Å². The molecule has 0 atom stereocenters. The molecule has 1 fully saturated rings. The van der Waals surface area contributed by atoms with Crippen molar-refractivity contribution in [3.05, 3.63) is 70.2 Å². The fourth-order valence-corrected chi connectivity index (χ4v) is 3.04. The van der Waals surface area contributed by atoms with E-state index in [4.69, 9.17) is 0 Å². The molecule has 0 bridgehead atoms. The first-order valence-electron chi connectivity index (χ1n) is 7.45. The van der Waals surface area contributed by atoms with Gasteiger partial charge in [0.05, 0.1) is 0 Å². The first kappa shape index (κ1) is 15.3. The van der Waals surface area contributed by atoms with Crippen LogP contribution in [-0.2, 0) is 6.54 Å². The van der Waals surface area contributed by atoms with E-state index in [1.165, 1.54) is 5.56 Å². The lowest BCUT2D eigenvalue weighted by Gasteiger charge is -2.34. The largest absolute Gasteiger partial charge is 0.336 e. The van der Waals surface area contributed by atoms with Crippen molar-refractivity contribution >= 4 is 21.8 Å². The lowest BCUT2D eigenvalue weighted by atomic mass is 10.1. The van der Waals surface area contributed by atoms with Crippen LogP contribution in [0.1, 0.15) is 15.9 Å². The number of carbonyl (C=O) groups excluding carboxylic acids is 1. The molecular formula is C18H18BrN2O. The summed E-state index contributed by atoms with van der Waals surface area (Å²) in [7, 11) is 0. The zero-order valence-corrected chi connectivity index (χ0v) is 13.9. The second kappa shape index (κ2) is 7.07. The van der Waals surface area contributed by atoms with Crippen LogP contribution in [0.5, 0.6) is 0 Å². The Morgan fingerprint density at radius 2 is 1.82 bits per heavy atom. The Bertz CT molecular complexity index is 637. The fraction of sp³-hybridized carbons (Fsp3) is 0.278. The van der Waals surface area contributed by atoms with E-state index >= 15 is 0 Å². The van der Waals surface area contributed by atoms with Crippen LogP contribution in [0.2, 0.25) is 0 Å². The summed E-state index contributed by atoms with van der Waals surface area (Å²) in [6.45, 7) is 4.31. The minimum absolute atomic E-state index is 0.0701. The third-order valence-electron chi connectivity index (χ3n) is 3.90. The van der Waals surface area contributed by atoms with Gasteiger partial charge in [-0.2, -0.15) is 0 Å². The zero-order valence-electron chi connectivity index (χ0n) is 12.3. The van der Waals surface area contributed by atoms with E-state index in [9.17, 15) is 4.79 Å². The first-order valence-corrected chi connectivity index (χ1v) is 8.24. The number of amides is 1. The highest BCUT2D eigenvalue weighted by Crippen LogP contribution is 2.15. The third kappa shape index (κ3) is 3.76. The molecule has 3 rings (SSSR count). The minimum Gasteiger partial charge on any atom is -0.336 e. The Kier molecular flexibility index (Phi) is 4.90. The molecule has 0 saturated carbocycles. The van der Waals surface area contributed by atoms with Gasteiger partial charge in [-0.05, 0) is 23.8 Å². The van der Waals surface area contributed by atoms with Crippen molar-refractivity contribution in [2.75, 3.05) is 26.2 Å². The van der Waals surface area contributed by atoms with Gasteiger partial charge in [-0.1, -0.05) is 52.3 Å². The van der Waals surface area contributed by atoms with Crippen LogP contribution >= 0.6 is 15.9 Å². The Morgan fingerprint density at radius 3 is 2.50 bits per heavy atom. The molecular weight excluding hydrogens is 340 g/mol. The summed E-state index contributed by atoms with van der Waals surface area (Å²) in [5.74, 6) is 0.0701. The van der Waals surface area contributed by atoms with Crippen LogP contribution in [0.3, 0.4) is 0 Å². The van der Waals surface area contributed by atoms with Gasteiger partial charge >= 0.3 is 0 Å². The lowest BCUT2D eigenvalue weighted by molar-refractivity contribution is 0.0628. The van der Waals surface area contributed by atoms with Crippen LogP contribution in [0, 0.1) is 6.07 Å². The van der Waals surface area contributed by atoms with Gasteiger partial charge in [-0.15, -0.1) is 0 Å². The molecule has 2 aromatic carbocycles. The predicted molar refractivity (Wildman–Crippen MR) is 90.6 cm³/mol. The molecule has 2 aromatic rings. The third-order valence-corrected chi connectivity index (χ3v) is 4.40. The molecule has 1 heterocycles. The zero-order chi connectivity index (χ0) is 15.4. The van der Waals surface area contributed by atoms with E-state index in [0.29, 0.717) is 5.56 Å². The molecule has 3 nitrogen and oxygen atoms in total. The van der Waals surface area contributed by atoms with Crippen molar-refractivity contribution in [3.8, 4) is 0 Å². The molecule has 1 saturated heterocycles. The topological polar surface area (TPSA) is 23.6 Å². The Morgan fingerprint density at radius 1 is 1.09 bits per heavy atom. The predicted octanol–water partition coefficient (Wildman–Crippen LogP) is 3.21. The first-order chi connectivity index (χ1) is 10.7. The Hall–Kier alpha value is -1.65. The summed E-state index contributed by atoms with van der Waals surface area (Å²) in [4.78, 5) is 16.8.